The van der Waals surface area contributed by atoms with Gasteiger partial charge in [-0.2, -0.15) is 0 Å². The highest BCUT2D eigenvalue weighted by molar-refractivity contribution is 6.32. The number of halogens is 1. The molecule has 1 aromatic rings. The van der Waals surface area contributed by atoms with E-state index in [9.17, 15) is 5.11 Å². The van der Waals surface area contributed by atoms with Crippen molar-refractivity contribution in [1.82, 2.24) is 4.90 Å². The molecule has 0 bridgehead atoms. The zero-order valence-corrected chi connectivity index (χ0v) is 16.0. The molecule has 0 radical (unpaired) electrons. The molecule has 136 valence electrons. The van der Waals surface area contributed by atoms with Gasteiger partial charge in [-0.05, 0) is 57.9 Å². The molecule has 1 aromatic carbocycles. The third-order valence-corrected chi connectivity index (χ3v) is 4.73. The number of ether oxygens (including phenoxy) is 2. The smallest absolute Gasteiger partial charge is 0.180 e. The summed E-state index contributed by atoms with van der Waals surface area (Å²) >= 11 is 6.45. The highest BCUT2D eigenvalue weighted by Crippen LogP contribution is 2.38. The molecule has 0 amide bonds. The second-order valence-corrected chi connectivity index (χ2v) is 7.13. The third kappa shape index (κ3) is 5.01. The fraction of sp³-hybridized carbons (Fsp3) is 0.684. The minimum atomic E-state index is -0.256. The summed E-state index contributed by atoms with van der Waals surface area (Å²) in [5, 5.41) is 10.9. The normalized spacial score (nSPS) is 22.0. The zero-order valence-electron chi connectivity index (χ0n) is 15.2. The molecule has 1 heterocycles. The van der Waals surface area contributed by atoms with Crippen molar-refractivity contribution >= 4 is 11.6 Å². The molecule has 0 spiro atoms. The summed E-state index contributed by atoms with van der Waals surface area (Å²) in [5.74, 6) is 1.52. The minimum Gasteiger partial charge on any atom is -0.490 e. The zero-order chi connectivity index (χ0) is 17.7. The van der Waals surface area contributed by atoms with Crippen LogP contribution in [0.3, 0.4) is 0 Å². The van der Waals surface area contributed by atoms with Gasteiger partial charge < -0.3 is 19.5 Å². The van der Waals surface area contributed by atoms with Gasteiger partial charge in [-0.1, -0.05) is 18.5 Å². The van der Waals surface area contributed by atoms with Gasteiger partial charge in [-0.25, -0.2) is 0 Å². The lowest BCUT2D eigenvalue weighted by Gasteiger charge is -2.35. The average molecular weight is 356 g/mol. The summed E-state index contributed by atoms with van der Waals surface area (Å²) < 4.78 is 11.5. The van der Waals surface area contributed by atoms with Gasteiger partial charge in [0.25, 0.3) is 0 Å². The molecule has 24 heavy (non-hydrogen) atoms. The van der Waals surface area contributed by atoms with Gasteiger partial charge in [0, 0.05) is 19.0 Å². The highest BCUT2D eigenvalue weighted by Gasteiger charge is 2.27. The average Bonchev–Trinajstić information content (AvgIpc) is 2.53. The second kappa shape index (κ2) is 8.93. The Morgan fingerprint density at radius 3 is 2.71 bits per heavy atom. The van der Waals surface area contributed by atoms with Crippen LogP contribution in [0, 0.1) is 5.92 Å². The Labute approximate surface area is 150 Å². The SMILES string of the molecule is CCOc1cc(CC2CN(CC)CCC2O)cc(Cl)c1OC(C)C. The maximum absolute atomic E-state index is 10.3. The lowest BCUT2D eigenvalue weighted by Crippen LogP contribution is -2.43. The second-order valence-electron chi connectivity index (χ2n) is 6.72. The topological polar surface area (TPSA) is 41.9 Å². The summed E-state index contributed by atoms with van der Waals surface area (Å²) in [7, 11) is 0. The van der Waals surface area contributed by atoms with Crippen LogP contribution in [0.15, 0.2) is 12.1 Å². The first-order valence-corrected chi connectivity index (χ1v) is 9.34. The van der Waals surface area contributed by atoms with E-state index in [4.69, 9.17) is 21.1 Å². The van der Waals surface area contributed by atoms with Crippen LogP contribution in [0.25, 0.3) is 0 Å². The molecule has 1 N–H and O–H groups in total. The maximum atomic E-state index is 10.3. The van der Waals surface area contributed by atoms with E-state index >= 15 is 0 Å². The number of piperidine rings is 1. The molecule has 1 aliphatic heterocycles. The van der Waals surface area contributed by atoms with Gasteiger partial charge in [-0.3, -0.25) is 0 Å². The molecule has 2 rings (SSSR count). The molecular weight excluding hydrogens is 326 g/mol. The first kappa shape index (κ1) is 19.4. The Kier molecular flexibility index (Phi) is 7.20. The van der Waals surface area contributed by atoms with Crippen LogP contribution in [-0.4, -0.2) is 48.5 Å². The van der Waals surface area contributed by atoms with Crippen LogP contribution in [0.5, 0.6) is 11.5 Å². The number of aliphatic hydroxyl groups is 1. The predicted octanol–water partition coefficient (Wildman–Crippen LogP) is 3.77. The molecule has 0 saturated carbocycles. The maximum Gasteiger partial charge on any atom is 0.180 e. The van der Waals surface area contributed by atoms with Crippen molar-refractivity contribution in [2.24, 2.45) is 5.92 Å². The first-order chi connectivity index (χ1) is 11.4. The number of benzene rings is 1. The molecule has 1 saturated heterocycles. The van der Waals surface area contributed by atoms with Crippen molar-refractivity contribution in [3.05, 3.63) is 22.7 Å². The summed E-state index contributed by atoms with van der Waals surface area (Å²) in [5.41, 5.74) is 1.08. The number of rotatable bonds is 7. The highest BCUT2D eigenvalue weighted by atomic mass is 35.5. The molecule has 2 atom stereocenters. The standard InChI is InChI=1S/C19H30ClNO3/c1-5-21-8-7-17(22)15(12-21)9-14-10-16(20)19(24-13(3)4)18(11-14)23-6-2/h10-11,13,15,17,22H,5-9,12H2,1-4H3. The Hall–Kier alpha value is -0.970. The van der Waals surface area contributed by atoms with Crippen molar-refractivity contribution < 1.29 is 14.6 Å². The molecule has 0 aromatic heterocycles. The molecule has 1 fully saturated rings. The van der Waals surface area contributed by atoms with E-state index in [0.717, 1.165) is 38.0 Å². The van der Waals surface area contributed by atoms with Crippen molar-refractivity contribution in [2.75, 3.05) is 26.2 Å². The third-order valence-electron chi connectivity index (χ3n) is 4.45. The van der Waals surface area contributed by atoms with Gasteiger partial charge >= 0.3 is 0 Å². The van der Waals surface area contributed by atoms with Gasteiger partial charge in [0.2, 0.25) is 0 Å². The van der Waals surface area contributed by atoms with Crippen LogP contribution >= 0.6 is 11.6 Å². The predicted molar refractivity (Wildman–Crippen MR) is 98.3 cm³/mol. The van der Waals surface area contributed by atoms with E-state index in [1.807, 2.05) is 32.9 Å². The van der Waals surface area contributed by atoms with Crippen LogP contribution in [0.4, 0.5) is 0 Å². The van der Waals surface area contributed by atoms with Crippen molar-refractivity contribution in [2.45, 2.75) is 52.7 Å². The van der Waals surface area contributed by atoms with Crippen LogP contribution in [0.1, 0.15) is 39.7 Å². The fourth-order valence-corrected chi connectivity index (χ4v) is 3.52. The Balaban J connectivity index is 2.20. The van der Waals surface area contributed by atoms with E-state index in [1.54, 1.807) is 0 Å². The van der Waals surface area contributed by atoms with E-state index < -0.39 is 0 Å². The van der Waals surface area contributed by atoms with Gasteiger partial charge in [-0.15, -0.1) is 0 Å². The Morgan fingerprint density at radius 2 is 2.08 bits per heavy atom. The number of aliphatic hydroxyl groups excluding tert-OH is 1. The number of nitrogens with zero attached hydrogens (tertiary/aromatic N) is 1. The van der Waals surface area contributed by atoms with E-state index in [2.05, 4.69) is 11.8 Å². The van der Waals surface area contributed by atoms with Crippen molar-refractivity contribution in [3.8, 4) is 11.5 Å². The summed E-state index contributed by atoms with van der Waals surface area (Å²) in [6.07, 6.45) is 1.40. The monoisotopic (exact) mass is 355 g/mol. The van der Waals surface area contributed by atoms with Crippen molar-refractivity contribution in [3.63, 3.8) is 0 Å². The summed E-state index contributed by atoms with van der Waals surface area (Å²) in [4.78, 5) is 2.39. The van der Waals surface area contributed by atoms with Crippen molar-refractivity contribution in [1.29, 1.82) is 0 Å². The quantitative estimate of drug-likeness (QED) is 0.808. The molecule has 1 aliphatic rings. The molecule has 5 heteroatoms. The largest absolute Gasteiger partial charge is 0.490 e. The van der Waals surface area contributed by atoms with Gasteiger partial charge in [0.1, 0.15) is 0 Å². The summed E-state index contributed by atoms with van der Waals surface area (Å²) in [6, 6.07) is 3.95. The Bertz CT molecular complexity index is 536. The van der Waals surface area contributed by atoms with E-state index in [0.29, 0.717) is 23.1 Å². The molecule has 4 nitrogen and oxygen atoms in total. The van der Waals surface area contributed by atoms with Crippen LogP contribution in [0.2, 0.25) is 5.02 Å². The van der Waals surface area contributed by atoms with Gasteiger partial charge in [0.15, 0.2) is 11.5 Å². The molecule has 2 unspecified atom stereocenters. The molecular formula is C19H30ClNO3. The number of hydrogen-bond acceptors (Lipinski definition) is 4. The minimum absolute atomic E-state index is 0.0332. The lowest BCUT2D eigenvalue weighted by molar-refractivity contribution is 0.0290. The molecule has 0 aliphatic carbocycles. The van der Waals surface area contributed by atoms with E-state index in [-0.39, 0.29) is 18.1 Å². The first-order valence-electron chi connectivity index (χ1n) is 8.96. The number of hydrogen-bond donors (Lipinski definition) is 1. The Morgan fingerprint density at radius 1 is 1.33 bits per heavy atom. The van der Waals surface area contributed by atoms with Crippen LogP contribution in [-0.2, 0) is 6.42 Å². The van der Waals surface area contributed by atoms with Crippen LogP contribution < -0.4 is 9.47 Å². The van der Waals surface area contributed by atoms with E-state index in [1.165, 1.54) is 0 Å². The lowest BCUT2D eigenvalue weighted by atomic mass is 9.88. The summed E-state index contributed by atoms with van der Waals surface area (Å²) in [6.45, 7) is 11.5. The van der Waals surface area contributed by atoms with Gasteiger partial charge in [0.05, 0.1) is 23.8 Å². The number of likely N-dealkylation sites (tertiary alicyclic amines) is 1. The fourth-order valence-electron chi connectivity index (χ4n) is 3.24.